The van der Waals surface area contributed by atoms with Crippen LogP contribution in [0.5, 0.6) is 0 Å². The molecule has 0 unspecified atom stereocenters. The molecule has 2 amide bonds. The van der Waals surface area contributed by atoms with Gasteiger partial charge in [-0.2, -0.15) is 0 Å². The highest BCUT2D eigenvalue weighted by Crippen LogP contribution is 2.24. The number of halogens is 1. The molecule has 0 bridgehead atoms. The van der Waals surface area contributed by atoms with Crippen molar-refractivity contribution in [2.45, 2.75) is 12.2 Å². The maximum Gasteiger partial charge on any atom is 0.268 e. The van der Waals surface area contributed by atoms with E-state index in [1.54, 1.807) is 36.4 Å². The molecule has 0 spiro atoms. The number of hydrogen-bond donors (Lipinski definition) is 1. The summed E-state index contributed by atoms with van der Waals surface area (Å²) in [7, 11) is -3.85. The fourth-order valence-corrected chi connectivity index (χ4v) is 4.34. The third-order valence-electron chi connectivity index (χ3n) is 4.08. The lowest BCUT2D eigenvalue weighted by atomic mass is 10.1. The van der Waals surface area contributed by atoms with Crippen LogP contribution in [0.2, 0.25) is 5.02 Å². The molecule has 1 aliphatic rings. The van der Waals surface area contributed by atoms with Crippen molar-refractivity contribution in [3.63, 3.8) is 0 Å². The fraction of sp³-hybridized carbons (Fsp3) is 0.222. The molecule has 2 aromatic carbocycles. The average molecular weight is 393 g/mol. The van der Waals surface area contributed by atoms with Gasteiger partial charge in [-0.05, 0) is 35.7 Å². The maximum atomic E-state index is 12.4. The van der Waals surface area contributed by atoms with Crippen molar-refractivity contribution in [2.24, 2.45) is 0 Å². The minimum atomic E-state index is -3.85. The van der Waals surface area contributed by atoms with Crippen LogP contribution in [0.1, 0.15) is 21.5 Å². The minimum Gasteiger partial charge on any atom is -0.354 e. The monoisotopic (exact) mass is 392 g/mol. The molecule has 0 aromatic heterocycles. The molecule has 0 saturated heterocycles. The first-order chi connectivity index (χ1) is 12.4. The van der Waals surface area contributed by atoms with Crippen LogP contribution in [0, 0.1) is 0 Å². The van der Waals surface area contributed by atoms with Crippen molar-refractivity contribution in [3.8, 4) is 0 Å². The van der Waals surface area contributed by atoms with Gasteiger partial charge >= 0.3 is 0 Å². The summed E-state index contributed by atoms with van der Waals surface area (Å²) < 4.78 is 25.3. The topological polar surface area (TPSA) is 83.6 Å². The largest absolute Gasteiger partial charge is 0.354 e. The van der Waals surface area contributed by atoms with Crippen molar-refractivity contribution in [2.75, 3.05) is 13.1 Å². The number of carbonyl (C=O) groups is 2. The van der Waals surface area contributed by atoms with E-state index in [4.69, 9.17) is 11.6 Å². The van der Waals surface area contributed by atoms with Crippen molar-refractivity contribution in [1.82, 2.24) is 9.62 Å². The number of hydrogen-bond acceptors (Lipinski definition) is 4. The molecule has 8 heteroatoms. The summed E-state index contributed by atoms with van der Waals surface area (Å²) in [6, 6.07) is 13.7. The molecular formula is C18H17ClN2O4S. The Morgan fingerprint density at radius 2 is 1.81 bits per heavy atom. The first-order valence-electron chi connectivity index (χ1n) is 8.00. The third-order valence-corrected chi connectivity index (χ3v) is 5.98. The maximum absolute atomic E-state index is 12.4. The number of benzene rings is 2. The Hall–Kier alpha value is -2.38. The van der Waals surface area contributed by atoms with Crippen LogP contribution in [-0.2, 0) is 27.0 Å². The van der Waals surface area contributed by atoms with Crippen LogP contribution in [0.4, 0.5) is 0 Å². The van der Waals surface area contributed by atoms with Gasteiger partial charge in [0.2, 0.25) is 15.9 Å². The Balaban J connectivity index is 1.61. The molecule has 6 nitrogen and oxygen atoms in total. The van der Waals surface area contributed by atoms with Crippen molar-refractivity contribution in [3.05, 3.63) is 70.2 Å². The number of fused-ring (bicyclic) bond motifs is 1. The molecule has 136 valence electrons. The Labute approximate surface area is 156 Å². The van der Waals surface area contributed by atoms with Gasteiger partial charge < -0.3 is 5.32 Å². The van der Waals surface area contributed by atoms with Crippen LogP contribution >= 0.6 is 11.6 Å². The van der Waals surface area contributed by atoms with Gasteiger partial charge in [0.25, 0.3) is 5.91 Å². The highest BCUT2D eigenvalue weighted by atomic mass is 35.5. The highest BCUT2D eigenvalue weighted by Gasteiger charge is 2.36. The smallest absolute Gasteiger partial charge is 0.268 e. The Kier molecular flexibility index (Phi) is 5.29. The van der Waals surface area contributed by atoms with Gasteiger partial charge in [-0.3, -0.25) is 9.59 Å². The van der Waals surface area contributed by atoms with Crippen LogP contribution in [0.25, 0.3) is 0 Å². The summed E-state index contributed by atoms with van der Waals surface area (Å²) in [5.74, 6) is -1.47. The SMILES string of the molecule is O=C(CN1C(=O)c2ccccc2CS1(=O)=O)NCCc1ccc(Cl)cc1. The van der Waals surface area contributed by atoms with Gasteiger partial charge in [0.1, 0.15) is 6.54 Å². The lowest BCUT2D eigenvalue weighted by molar-refractivity contribution is -0.121. The third kappa shape index (κ3) is 4.05. The molecule has 0 radical (unpaired) electrons. The molecule has 0 saturated carbocycles. The quantitative estimate of drug-likeness (QED) is 0.843. The second-order valence-electron chi connectivity index (χ2n) is 5.95. The van der Waals surface area contributed by atoms with E-state index in [1.165, 1.54) is 0 Å². The Morgan fingerprint density at radius 1 is 1.12 bits per heavy atom. The van der Waals surface area contributed by atoms with E-state index in [2.05, 4.69) is 5.32 Å². The van der Waals surface area contributed by atoms with E-state index in [1.807, 2.05) is 12.1 Å². The van der Waals surface area contributed by atoms with Crippen LogP contribution in [-0.4, -0.2) is 37.6 Å². The molecule has 0 fully saturated rings. The zero-order chi connectivity index (χ0) is 18.7. The number of nitrogens with zero attached hydrogens (tertiary/aromatic N) is 1. The van der Waals surface area contributed by atoms with Gasteiger partial charge in [0.15, 0.2) is 0 Å². The molecule has 0 atom stereocenters. The molecule has 26 heavy (non-hydrogen) atoms. The van der Waals surface area contributed by atoms with E-state index in [-0.39, 0.29) is 5.75 Å². The first kappa shape index (κ1) is 18.4. The molecular weight excluding hydrogens is 376 g/mol. The number of rotatable bonds is 5. The summed E-state index contributed by atoms with van der Waals surface area (Å²) in [5, 5.41) is 3.28. The van der Waals surface area contributed by atoms with E-state index in [0.29, 0.717) is 33.4 Å². The molecule has 3 rings (SSSR count). The van der Waals surface area contributed by atoms with E-state index in [0.717, 1.165) is 5.56 Å². The summed E-state index contributed by atoms with van der Waals surface area (Å²) >= 11 is 5.82. The zero-order valence-corrected chi connectivity index (χ0v) is 15.4. The van der Waals surface area contributed by atoms with Crippen LogP contribution < -0.4 is 5.32 Å². The zero-order valence-electron chi connectivity index (χ0n) is 13.8. The summed E-state index contributed by atoms with van der Waals surface area (Å²) in [6.07, 6.45) is 0.576. The van der Waals surface area contributed by atoms with Crippen LogP contribution in [0.3, 0.4) is 0 Å². The molecule has 1 aliphatic heterocycles. The first-order valence-corrected chi connectivity index (χ1v) is 9.99. The fourth-order valence-electron chi connectivity index (χ4n) is 2.74. The number of amides is 2. The predicted molar refractivity (Wildman–Crippen MR) is 98.3 cm³/mol. The normalized spacial score (nSPS) is 15.4. The van der Waals surface area contributed by atoms with Crippen molar-refractivity contribution < 1.29 is 18.0 Å². The summed E-state index contributed by atoms with van der Waals surface area (Å²) in [4.78, 5) is 24.6. The summed E-state index contributed by atoms with van der Waals surface area (Å²) in [6.45, 7) is -0.185. The lowest BCUT2D eigenvalue weighted by Crippen LogP contribution is -2.47. The highest BCUT2D eigenvalue weighted by molar-refractivity contribution is 7.89. The number of carbonyl (C=O) groups excluding carboxylic acids is 2. The summed E-state index contributed by atoms with van der Waals surface area (Å²) in [5.41, 5.74) is 1.76. The van der Waals surface area contributed by atoms with E-state index in [9.17, 15) is 18.0 Å². The molecule has 2 aromatic rings. The van der Waals surface area contributed by atoms with Crippen LogP contribution in [0.15, 0.2) is 48.5 Å². The second kappa shape index (κ2) is 7.47. The average Bonchev–Trinajstić information content (AvgIpc) is 2.60. The van der Waals surface area contributed by atoms with E-state index < -0.39 is 28.4 Å². The molecule has 0 aliphatic carbocycles. The predicted octanol–water partition coefficient (Wildman–Crippen LogP) is 1.98. The standard InChI is InChI=1S/C18H17ClN2O4S/c19-15-7-5-13(6-8-15)9-10-20-17(22)11-21-18(23)16-4-2-1-3-14(16)12-26(21,24)25/h1-8H,9-12H2,(H,20,22). The van der Waals surface area contributed by atoms with Gasteiger partial charge in [0, 0.05) is 17.1 Å². The number of sulfonamides is 1. The van der Waals surface area contributed by atoms with Gasteiger partial charge in [0.05, 0.1) is 5.75 Å². The Bertz CT molecular complexity index is 942. The van der Waals surface area contributed by atoms with Gasteiger partial charge in [-0.25, -0.2) is 12.7 Å². The van der Waals surface area contributed by atoms with Gasteiger partial charge in [-0.1, -0.05) is 41.9 Å². The lowest BCUT2D eigenvalue weighted by Gasteiger charge is -2.27. The van der Waals surface area contributed by atoms with Gasteiger partial charge in [-0.15, -0.1) is 0 Å². The Morgan fingerprint density at radius 3 is 2.54 bits per heavy atom. The minimum absolute atomic E-state index is 0.285. The van der Waals surface area contributed by atoms with Crippen molar-refractivity contribution >= 4 is 33.4 Å². The molecule has 1 N–H and O–H groups in total. The van der Waals surface area contributed by atoms with Crippen molar-refractivity contribution in [1.29, 1.82) is 0 Å². The second-order valence-corrected chi connectivity index (χ2v) is 8.28. The molecule has 1 heterocycles. The van der Waals surface area contributed by atoms with E-state index >= 15 is 0 Å². The number of nitrogens with one attached hydrogen (secondary N) is 1.